The zero-order valence-electron chi connectivity index (χ0n) is 19.6. The SMILES string of the molecule is Cc1ccc(C(=O)c2ccccc2C(=O)Nc2cccc(-c3ccc(N4CCCC4)nn3)c2)cc1. The summed E-state index contributed by atoms with van der Waals surface area (Å²) in [5.74, 6) is 0.372. The van der Waals surface area contributed by atoms with Gasteiger partial charge in [0.15, 0.2) is 11.6 Å². The molecule has 1 aliphatic heterocycles. The maximum absolute atomic E-state index is 13.2. The third kappa shape index (κ3) is 4.96. The lowest BCUT2D eigenvalue weighted by Crippen LogP contribution is -2.19. The van der Waals surface area contributed by atoms with Gasteiger partial charge in [-0.15, -0.1) is 10.2 Å². The summed E-state index contributed by atoms with van der Waals surface area (Å²) in [6, 6.07) is 25.7. The van der Waals surface area contributed by atoms with Crippen LogP contribution in [-0.2, 0) is 0 Å². The van der Waals surface area contributed by atoms with Crippen LogP contribution in [0.4, 0.5) is 11.5 Å². The number of aromatic nitrogens is 2. The maximum atomic E-state index is 13.2. The van der Waals surface area contributed by atoms with E-state index in [-0.39, 0.29) is 11.7 Å². The number of amides is 1. The quantitative estimate of drug-likeness (QED) is 0.381. The van der Waals surface area contributed by atoms with Gasteiger partial charge in [-0.3, -0.25) is 9.59 Å². The lowest BCUT2D eigenvalue weighted by atomic mass is 9.97. The van der Waals surface area contributed by atoms with Gasteiger partial charge in [0.2, 0.25) is 0 Å². The van der Waals surface area contributed by atoms with E-state index in [0.29, 0.717) is 22.4 Å². The van der Waals surface area contributed by atoms with Gasteiger partial charge in [0.05, 0.1) is 11.3 Å². The summed E-state index contributed by atoms with van der Waals surface area (Å²) in [4.78, 5) is 28.5. The van der Waals surface area contributed by atoms with Crippen LogP contribution < -0.4 is 10.2 Å². The third-order valence-corrected chi connectivity index (χ3v) is 6.23. The van der Waals surface area contributed by atoms with E-state index in [4.69, 9.17) is 0 Å². The number of carbonyl (C=O) groups is 2. The molecule has 6 heteroatoms. The fourth-order valence-electron chi connectivity index (χ4n) is 4.29. The summed E-state index contributed by atoms with van der Waals surface area (Å²) < 4.78 is 0. The molecular formula is C29H26N4O2. The second-order valence-electron chi connectivity index (χ2n) is 8.75. The van der Waals surface area contributed by atoms with Crippen molar-refractivity contribution in [3.63, 3.8) is 0 Å². The number of nitrogens with zero attached hydrogens (tertiary/aromatic N) is 3. The van der Waals surface area contributed by atoms with Crippen LogP contribution in [0.25, 0.3) is 11.3 Å². The number of anilines is 2. The number of hydrogen-bond acceptors (Lipinski definition) is 5. The molecule has 35 heavy (non-hydrogen) atoms. The van der Waals surface area contributed by atoms with Crippen molar-refractivity contribution in [2.24, 2.45) is 0 Å². The van der Waals surface area contributed by atoms with Crippen molar-refractivity contribution in [1.29, 1.82) is 0 Å². The molecular weight excluding hydrogens is 436 g/mol. The van der Waals surface area contributed by atoms with Crippen LogP contribution in [0, 0.1) is 6.92 Å². The minimum Gasteiger partial charge on any atom is -0.355 e. The molecule has 6 nitrogen and oxygen atoms in total. The Bertz CT molecular complexity index is 1360. The van der Waals surface area contributed by atoms with Crippen molar-refractivity contribution in [2.75, 3.05) is 23.3 Å². The maximum Gasteiger partial charge on any atom is 0.256 e. The van der Waals surface area contributed by atoms with Gasteiger partial charge >= 0.3 is 0 Å². The molecule has 4 aromatic rings. The molecule has 0 spiro atoms. The van der Waals surface area contributed by atoms with Crippen molar-refractivity contribution < 1.29 is 9.59 Å². The number of ketones is 1. The molecule has 1 N–H and O–H groups in total. The Hall–Kier alpha value is -4.32. The lowest BCUT2D eigenvalue weighted by molar-refractivity contribution is 0.0996. The fourth-order valence-corrected chi connectivity index (χ4v) is 4.29. The molecule has 0 bridgehead atoms. The minimum atomic E-state index is -0.339. The standard InChI is InChI=1S/C29H26N4O2/c1-20-11-13-21(14-12-20)28(34)24-9-2-3-10-25(24)29(35)30-23-8-6-7-22(19-23)26-15-16-27(32-31-26)33-17-4-5-18-33/h2-3,6-16,19H,4-5,17-18H2,1H3,(H,30,35). The summed E-state index contributed by atoms with van der Waals surface area (Å²) in [5.41, 5.74) is 4.53. The average molecular weight is 463 g/mol. The molecule has 0 atom stereocenters. The monoisotopic (exact) mass is 462 g/mol. The molecule has 1 amide bonds. The number of rotatable bonds is 6. The van der Waals surface area contributed by atoms with Crippen molar-refractivity contribution in [2.45, 2.75) is 19.8 Å². The van der Waals surface area contributed by atoms with E-state index < -0.39 is 0 Å². The van der Waals surface area contributed by atoms with Crippen molar-refractivity contribution in [3.05, 3.63) is 107 Å². The molecule has 1 aromatic heterocycles. The molecule has 3 aromatic carbocycles. The van der Waals surface area contributed by atoms with E-state index in [1.807, 2.05) is 55.5 Å². The van der Waals surface area contributed by atoms with Gasteiger partial charge in [0.25, 0.3) is 5.91 Å². The van der Waals surface area contributed by atoms with Crippen molar-refractivity contribution in [3.8, 4) is 11.3 Å². The summed E-state index contributed by atoms with van der Waals surface area (Å²) in [6.45, 7) is 4.00. The van der Waals surface area contributed by atoms with Crippen LogP contribution in [0.1, 0.15) is 44.7 Å². The van der Waals surface area contributed by atoms with Crippen LogP contribution in [0.3, 0.4) is 0 Å². The van der Waals surface area contributed by atoms with E-state index in [9.17, 15) is 9.59 Å². The van der Waals surface area contributed by atoms with Crippen LogP contribution in [0.5, 0.6) is 0 Å². The number of benzene rings is 3. The number of hydrogen-bond donors (Lipinski definition) is 1. The van der Waals surface area contributed by atoms with Gasteiger partial charge in [-0.1, -0.05) is 60.2 Å². The van der Waals surface area contributed by atoms with Crippen LogP contribution in [0.2, 0.25) is 0 Å². The Labute approximate surface area is 204 Å². The molecule has 2 heterocycles. The average Bonchev–Trinajstić information content (AvgIpc) is 3.44. The molecule has 1 aliphatic rings. The summed E-state index contributed by atoms with van der Waals surface area (Å²) >= 11 is 0. The second kappa shape index (κ2) is 9.89. The van der Waals surface area contributed by atoms with E-state index in [1.54, 1.807) is 36.4 Å². The Kier molecular flexibility index (Phi) is 6.35. The van der Waals surface area contributed by atoms with Gasteiger partial charge in [0.1, 0.15) is 0 Å². The zero-order valence-corrected chi connectivity index (χ0v) is 19.6. The van der Waals surface area contributed by atoms with Crippen LogP contribution in [-0.4, -0.2) is 35.0 Å². The predicted molar refractivity (Wildman–Crippen MR) is 138 cm³/mol. The topological polar surface area (TPSA) is 75.2 Å². The van der Waals surface area contributed by atoms with Crippen LogP contribution in [0.15, 0.2) is 84.9 Å². The highest BCUT2D eigenvalue weighted by Crippen LogP contribution is 2.24. The highest BCUT2D eigenvalue weighted by Gasteiger charge is 2.19. The van der Waals surface area contributed by atoms with E-state index >= 15 is 0 Å². The largest absolute Gasteiger partial charge is 0.355 e. The molecule has 1 saturated heterocycles. The first-order chi connectivity index (χ1) is 17.1. The zero-order chi connectivity index (χ0) is 24.2. The fraction of sp³-hybridized carbons (Fsp3) is 0.172. The molecule has 0 unspecified atom stereocenters. The minimum absolute atomic E-state index is 0.183. The highest BCUT2D eigenvalue weighted by atomic mass is 16.2. The Morgan fingerprint density at radius 3 is 2.26 bits per heavy atom. The van der Waals surface area contributed by atoms with E-state index in [0.717, 1.165) is 35.7 Å². The lowest BCUT2D eigenvalue weighted by Gasteiger charge is -2.15. The molecule has 0 aliphatic carbocycles. The first-order valence-corrected chi connectivity index (χ1v) is 11.8. The van der Waals surface area contributed by atoms with E-state index in [2.05, 4.69) is 20.4 Å². The van der Waals surface area contributed by atoms with E-state index in [1.165, 1.54) is 12.8 Å². The molecule has 5 rings (SSSR count). The van der Waals surface area contributed by atoms with Crippen LogP contribution >= 0.6 is 0 Å². The number of nitrogens with one attached hydrogen (secondary N) is 1. The molecule has 1 fully saturated rings. The third-order valence-electron chi connectivity index (χ3n) is 6.23. The summed E-state index contributed by atoms with van der Waals surface area (Å²) in [7, 11) is 0. The summed E-state index contributed by atoms with van der Waals surface area (Å²) in [5, 5.41) is 11.7. The Morgan fingerprint density at radius 1 is 0.800 bits per heavy atom. The summed E-state index contributed by atoms with van der Waals surface area (Å²) in [6.07, 6.45) is 2.37. The highest BCUT2D eigenvalue weighted by molar-refractivity contribution is 6.17. The van der Waals surface area contributed by atoms with Gasteiger partial charge in [-0.2, -0.15) is 0 Å². The van der Waals surface area contributed by atoms with Crippen molar-refractivity contribution >= 4 is 23.2 Å². The Balaban J connectivity index is 1.35. The first kappa shape index (κ1) is 22.5. The molecule has 174 valence electrons. The van der Waals surface area contributed by atoms with Gasteiger partial charge in [0, 0.05) is 35.5 Å². The molecule has 0 radical (unpaired) electrons. The first-order valence-electron chi connectivity index (χ1n) is 11.8. The Morgan fingerprint density at radius 2 is 1.54 bits per heavy atom. The number of carbonyl (C=O) groups excluding carboxylic acids is 2. The predicted octanol–water partition coefficient (Wildman–Crippen LogP) is 5.54. The van der Waals surface area contributed by atoms with Gasteiger partial charge in [-0.05, 0) is 50.1 Å². The normalized spacial score (nSPS) is 13.0. The smallest absolute Gasteiger partial charge is 0.256 e. The second-order valence-corrected chi connectivity index (χ2v) is 8.75. The van der Waals surface area contributed by atoms with Crippen molar-refractivity contribution in [1.82, 2.24) is 10.2 Å². The number of aryl methyl sites for hydroxylation is 1. The van der Waals surface area contributed by atoms with Gasteiger partial charge in [-0.25, -0.2) is 0 Å². The van der Waals surface area contributed by atoms with Gasteiger partial charge < -0.3 is 10.2 Å². The molecule has 0 saturated carbocycles.